The molecule has 1 aromatic heterocycles. The maximum Gasteiger partial charge on any atom is 0.229 e. The van der Waals surface area contributed by atoms with Crippen LogP contribution in [0.4, 0.5) is 33.2 Å². The fraction of sp³-hybridized carbons (Fsp3) is 0.484. The van der Waals surface area contributed by atoms with Crippen molar-refractivity contribution in [3.05, 3.63) is 40.5 Å². The van der Waals surface area contributed by atoms with E-state index in [4.69, 9.17) is 19.2 Å². The molecule has 2 aromatic carbocycles. The van der Waals surface area contributed by atoms with Crippen LogP contribution >= 0.6 is 23.9 Å². The number of piperidine rings is 1. The Hall–Kier alpha value is -2.92. The van der Waals surface area contributed by atoms with E-state index in [1.165, 1.54) is 0 Å². The lowest BCUT2D eigenvalue weighted by atomic mass is 9.91. The van der Waals surface area contributed by atoms with Crippen LogP contribution in [0.3, 0.4) is 0 Å². The number of aliphatic hydroxyl groups is 1. The molecule has 0 saturated carbocycles. The Labute approximate surface area is 267 Å². The molecule has 0 atom stereocenters. The Morgan fingerprint density at radius 3 is 2.59 bits per heavy atom. The molecule has 13 heteroatoms. The molecule has 0 bridgehead atoms. The van der Waals surface area contributed by atoms with Gasteiger partial charge < -0.3 is 34.9 Å². The number of hydrogen-bond donors (Lipinski definition) is 3. The average Bonchev–Trinajstić information content (AvgIpc) is 3.01. The highest BCUT2D eigenvalue weighted by molar-refractivity contribution is 9.10. The van der Waals surface area contributed by atoms with E-state index in [-0.39, 0.29) is 0 Å². The Morgan fingerprint density at radius 2 is 1.89 bits per heavy atom. The molecule has 3 N–H and O–H groups in total. The molecule has 2 saturated heterocycles. The van der Waals surface area contributed by atoms with Crippen molar-refractivity contribution in [1.82, 2.24) is 14.9 Å². The number of alkyl halides is 1. The number of methoxy groups -OCH3 is 1. The van der Waals surface area contributed by atoms with Gasteiger partial charge in [-0.2, -0.15) is 4.98 Å². The quantitative estimate of drug-likeness (QED) is 0.261. The molecule has 6 rings (SSSR count). The van der Waals surface area contributed by atoms with E-state index in [1.807, 2.05) is 12.1 Å². The largest absolute Gasteiger partial charge is 0.494 e. The van der Waals surface area contributed by atoms with Crippen LogP contribution < -0.4 is 35.0 Å². The maximum atomic E-state index is 14.2. The third-order valence-electron chi connectivity index (χ3n) is 8.47. The fourth-order valence-electron chi connectivity index (χ4n) is 6.21. The summed E-state index contributed by atoms with van der Waals surface area (Å²) in [6.07, 6.45) is 3.63. The molecule has 3 aliphatic heterocycles. The van der Waals surface area contributed by atoms with Gasteiger partial charge in [-0.25, -0.2) is 9.37 Å². The van der Waals surface area contributed by atoms with Crippen LogP contribution in [0, 0.1) is 6.92 Å². The zero-order valence-corrected chi connectivity index (χ0v) is 28.0. The van der Waals surface area contributed by atoms with E-state index >= 15 is 0 Å². The van der Waals surface area contributed by atoms with Crippen LogP contribution in [0.2, 0.25) is 0 Å². The molecular weight excluding hydrogens is 650 g/mol. The molecule has 236 valence electrons. The minimum absolute atomic E-state index is 0.327. The molecule has 10 nitrogen and oxygen atoms in total. The zero-order valence-electron chi connectivity index (χ0n) is 25.5. The van der Waals surface area contributed by atoms with Crippen LogP contribution in [0.5, 0.6) is 17.2 Å². The molecule has 0 unspecified atom stereocenters. The van der Waals surface area contributed by atoms with E-state index in [9.17, 15) is 9.50 Å². The Balaban J connectivity index is 1.17. The van der Waals surface area contributed by atoms with Crippen LogP contribution in [-0.4, -0.2) is 98.1 Å². The number of hydrogen-bond acceptors (Lipinski definition) is 10. The summed E-state index contributed by atoms with van der Waals surface area (Å²) in [6.45, 7) is 9.56. The molecular formula is C31H39BrFN6O4P. The number of aliphatic hydroxyl groups excluding tert-OH is 1. The van der Waals surface area contributed by atoms with Gasteiger partial charge in [0.25, 0.3) is 0 Å². The lowest BCUT2D eigenvalue weighted by Gasteiger charge is -2.50. The summed E-state index contributed by atoms with van der Waals surface area (Å²) < 4.78 is 32.6. The van der Waals surface area contributed by atoms with Crippen molar-refractivity contribution in [3.8, 4) is 17.2 Å². The van der Waals surface area contributed by atoms with Crippen molar-refractivity contribution in [3.63, 3.8) is 0 Å². The topological polar surface area (TPSA) is 104 Å². The first-order valence-corrected chi connectivity index (χ1v) is 17.8. The third-order valence-corrected chi connectivity index (χ3v) is 10.4. The summed E-state index contributed by atoms with van der Waals surface area (Å²) in [6, 6.07) is 8.41. The van der Waals surface area contributed by atoms with Crippen LogP contribution in [0.1, 0.15) is 18.4 Å². The minimum atomic E-state index is -1.43. The minimum Gasteiger partial charge on any atom is -0.494 e. The lowest BCUT2D eigenvalue weighted by Crippen LogP contribution is -2.65. The highest BCUT2D eigenvalue weighted by Gasteiger charge is 2.46. The van der Waals surface area contributed by atoms with Gasteiger partial charge in [0.1, 0.15) is 24.8 Å². The number of ether oxygens (including phenoxy) is 3. The number of anilines is 5. The summed E-state index contributed by atoms with van der Waals surface area (Å²) in [5.74, 6) is 3.32. The summed E-state index contributed by atoms with van der Waals surface area (Å²) in [5, 5.41) is 17.2. The fourth-order valence-corrected chi connectivity index (χ4v) is 7.69. The number of rotatable bonds is 9. The molecule has 0 spiro atoms. The van der Waals surface area contributed by atoms with Gasteiger partial charge in [-0.05, 0) is 72.8 Å². The van der Waals surface area contributed by atoms with Gasteiger partial charge in [0.15, 0.2) is 17.2 Å². The lowest BCUT2D eigenvalue weighted by molar-refractivity contribution is -0.0896. The summed E-state index contributed by atoms with van der Waals surface area (Å²) in [5.41, 5.74) is 2.48. The van der Waals surface area contributed by atoms with Crippen molar-refractivity contribution in [1.29, 1.82) is 0 Å². The molecule has 0 amide bonds. The highest BCUT2D eigenvalue weighted by atomic mass is 79.9. The van der Waals surface area contributed by atoms with Gasteiger partial charge in [0.2, 0.25) is 5.95 Å². The monoisotopic (exact) mass is 688 g/mol. The summed E-state index contributed by atoms with van der Waals surface area (Å²) in [7, 11) is 1.16. The first-order chi connectivity index (χ1) is 21.2. The van der Waals surface area contributed by atoms with Gasteiger partial charge >= 0.3 is 0 Å². The van der Waals surface area contributed by atoms with Crippen molar-refractivity contribution < 1.29 is 23.7 Å². The van der Waals surface area contributed by atoms with Crippen molar-refractivity contribution in [2.75, 3.05) is 82.0 Å². The molecule has 44 heavy (non-hydrogen) atoms. The van der Waals surface area contributed by atoms with Crippen molar-refractivity contribution >= 4 is 58.0 Å². The van der Waals surface area contributed by atoms with E-state index in [1.54, 1.807) is 13.3 Å². The number of aromatic nitrogens is 2. The summed E-state index contributed by atoms with van der Waals surface area (Å²) >= 11 is 3.60. The Morgan fingerprint density at radius 1 is 1.14 bits per heavy atom. The smallest absolute Gasteiger partial charge is 0.229 e. The SMILES string of the molecule is COc1cc(N2CCC(N3CC(F)(CO)C3)CC2)c(C)cc1Nc1ncc(Br)c(Nc2ccc3c(c2P(C)C)OCCO3)n1. The predicted molar refractivity (Wildman–Crippen MR) is 178 cm³/mol. The number of nitrogens with one attached hydrogen (secondary N) is 2. The number of likely N-dealkylation sites (tertiary alicyclic amines) is 1. The highest BCUT2D eigenvalue weighted by Crippen LogP contribution is 2.42. The number of benzene rings is 2. The van der Waals surface area contributed by atoms with E-state index < -0.39 is 20.2 Å². The van der Waals surface area contributed by atoms with Crippen LogP contribution in [-0.2, 0) is 0 Å². The maximum absolute atomic E-state index is 14.2. The van der Waals surface area contributed by atoms with Gasteiger partial charge in [0, 0.05) is 55.5 Å². The average molecular weight is 690 g/mol. The van der Waals surface area contributed by atoms with Crippen molar-refractivity contribution in [2.24, 2.45) is 0 Å². The number of halogens is 2. The molecule has 0 aliphatic carbocycles. The van der Waals surface area contributed by atoms with Crippen molar-refractivity contribution in [2.45, 2.75) is 31.5 Å². The molecule has 3 aromatic rings. The zero-order chi connectivity index (χ0) is 31.0. The van der Waals surface area contributed by atoms with Crippen LogP contribution in [0.25, 0.3) is 0 Å². The Bertz CT molecular complexity index is 1520. The summed E-state index contributed by atoms with van der Waals surface area (Å²) in [4.78, 5) is 13.8. The number of nitrogens with zero attached hydrogens (tertiary/aromatic N) is 4. The number of aryl methyl sites for hydroxylation is 1. The van der Waals surface area contributed by atoms with Crippen LogP contribution in [0.15, 0.2) is 34.9 Å². The predicted octanol–water partition coefficient (Wildman–Crippen LogP) is 5.17. The first kappa shape index (κ1) is 31.1. The molecule has 4 heterocycles. The second-order valence-corrected chi connectivity index (χ2v) is 14.9. The van der Waals surface area contributed by atoms with E-state index in [0.717, 1.165) is 69.8 Å². The number of fused-ring (bicyclic) bond motifs is 1. The second-order valence-electron chi connectivity index (χ2n) is 11.8. The first-order valence-electron chi connectivity index (χ1n) is 14.8. The van der Waals surface area contributed by atoms with Gasteiger partial charge in [-0.3, -0.25) is 4.90 Å². The molecule has 0 radical (unpaired) electrons. The van der Waals surface area contributed by atoms with E-state index in [2.05, 4.69) is 73.7 Å². The van der Waals surface area contributed by atoms with E-state index in [0.29, 0.717) is 49.9 Å². The molecule has 2 fully saturated rings. The molecule has 3 aliphatic rings. The normalized spacial score (nSPS) is 18.2. The second kappa shape index (κ2) is 12.8. The Kier molecular flexibility index (Phi) is 9.06. The van der Waals surface area contributed by atoms with Gasteiger partial charge in [0.05, 0.1) is 29.6 Å². The van der Waals surface area contributed by atoms with Gasteiger partial charge in [-0.15, -0.1) is 0 Å². The third kappa shape index (κ3) is 6.27. The standard InChI is InChI=1S/C31H39BrFN6O4P/c1-19-13-23(26(41-2)14-24(19)38-9-7-20(8-10-38)39-16-31(33,17-39)18-40)36-30-34-15-21(32)29(37-30)35-22-5-6-25-27(28(22)44(3)4)43-12-11-42-25/h5-6,13-15,20,40H,7-12,16-18H2,1-4H3,(H2,34,35,36,37). The van der Waals surface area contributed by atoms with Gasteiger partial charge in [-0.1, -0.05) is 7.92 Å².